The van der Waals surface area contributed by atoms with Crippen molar-refractivity contribution in [3.8, 4) is 11.5 Å². The number of halogens is 1. The van der Waals surface area contributed by atoms with Gasteiger partial charge in [-0.05, 0) is 47.9 Å². The van der Waals surface area contributed by atoms with Crippen LogP contribution in [0.1, 0.15) is 29.5 Å². The molecule has 0 spiro atoms. The van der Waals surface area contributed by atoms with Crippen LogP contribution in [0.2, 0.25) is 0 Å². The number of hydrogen-bond donors (Lipinski definition) is 1. The normalized spacial score (nSPS) is 17.0. The molecule has 8 nitrogen and oxygen atoms in total. The first-order valence-electron chi connectivity index (χ1n) is 12.2. The number of aliphatic imine (C=N–C) groups is 2. The van der Waals surface area contributed by atoms with Gasteiger partial charge in [0.1, 0.15) is 17.7 Å². The van der Waals surface area contributed by atoms with E-state index in [4.69, 9.17) is 14.5 Å². The number of amides is 2. The van der Waals surface area contributed by atoms with Crippen LogP contribution in [0.5, 0.6) is 11.5 Å². The van der Waals surface area contributed by atoms with Crippen molar-refractivity contribution in [3.63, 3.8) is 0 Å². The Morgan fingerprint density at radius 3 is 2.79 bits per heavy atom. The maximum Gasteiger partial charge on any atom is 0.259 e. The van der Waals surface area contributed by atoms with Gasteiger partial charge >= 0.3 is 0 Å². The first-order chi connectivity index (χ1) is 18.6. The average molecular weight is 531 g/mol. The first kappa shape index (κ1) is 24.2. The smallest absolute Gasteiger partial charge is 0.259 e. The number of nitrogens with zero attached hydrogens (tertiary/aromatic N) is 3. The molecule has 1 atom stereocenters. The number of fused-ring (bicyclic) bond motifs is 4. The van der Waals surface area contributed by atoms with Crippen molar-refractivity contribution < 1.29 is 23.5 Å². The molecule has 6 rings (SSSR count). The van der Waals surface area contributed by atoms with E-state index in [1.807, 2.05) is 42.5 Å². The van der Waals surface area contributed by atoms with E-state index in [2.05, 4.69) is 10.3 Å². The number of thioether (sulfide) groups is 1. The molecule has 0 bridgehead atoms. The highest BCUT2D eigenvalue weighted by Crippen LogP contribution is 2.35. The molecule has 3 aromatic carbocycles. The third kappa shape index (κ3) is 4.74. The fourth-order valence-corrected chi connectivity index (χ4v) is 5.44. The van der Waals surface area contributed by atoms with Crippen molar-refractivity contribution >= 4 is 40.3 Å². The molecule has 0 saturated carbocycles. The standard InChI is InChI=1S/C28H23FN4O4S/c29-20-7-3-1-5-18(20)15-38-28-32-21-8-4-2-6-19(21)26-31-22(27(35)33(26)28)10-12-25(34)30-14-17-9-11-23-24(13-17)37-16-36-23/h1-9,11,13,22H,10,12,14-16H2,(H,30,34)/t22-/m0/s1. The molecule has 0 fully saturated rings. The van der Waals surface area contributed by atoms with Gasteiger partial charge in [0.15, 0.2) is 16.7 Å². The summed E-state index contributed by atoms with van der Waals surface area (Å²) in [6.45, 7) is 0.532. The van der Waals surface area contributed by atoms with Crippen molar-refractivity contribution in [3.05, 3.63) is 89.2 Å². The highest BCUT2D eigenvalue weighted by Gasteiger charge is 2.41. The van der Waals surface area contributed by atoms with Crippen LogP contribution in [0.25, 0.3) is 0 Å². The lowest BCUT2D eigenvalue weighted by Crippen LogP contribution is -2.41. The Labute approximate surface area is 222 Å². The van der Waals surface area contributed by atoms with Crippen molar-refractivity contribution in [2.45, 2.75) is 31.2 Å². The Hall–Kier alpha value is -4.18. The molecule has 10 heteroatoms. The minimum atomic E-state index is -0.702. The van der Waals surface area contributed by atoms with Crippen LogP contribution >= 0.6 is 11.8 Å². The summed E-state index contributed by atoms with van der Waals surface area (Å²) in [5.41, 5.74) is 2.88. The van der Waals surface area contributed by atoms with Crippen LogP contribution in [-0.2, 0) is 21.9 Å². The summed E-state index contributed by atoms with van der Waals surface area (Å²) in [7, 11) is 0. The molecule has 0 saturated heterocycles. The van der Waals surface area contributed by atoms with Crippen LogP contribution in [-0.4, -0.2) is 40.6 Å². The Morgan fingerprint density at radius 2 is 1.89 bits per heavy atom. The van der Waals surface area contributed by atoms with Gasteiger partial charge in [0.05, 0.1) is 5.69 Å². The Morgan fingerprint density at radius 1 is 1.08 bits per heavy atom. The molecule has 2 amide bonds. The summed E-state index contributed by atoms with van der Waals surface area (Å²) in [4.78, 5) is 36.9. The maximum atomic E-state index is 14.2. The summed E-state index contributed by atoms with van der Waals surface area (Å²) < 4.78 is 24.9. The van der Waals surface area contributed by atoms with Crippen molar-refractivity contribution in [2.24, 2.45) is 9.98 Å². The van der Waals surface area contributed by atoms with Gasteiger partial charge in [0.25, 0.3) is 5.91 Å². The lowest BCUT2D eigenvalue weighted by atomic mass is 10.1. The van der Waals surface area contributed by atoms with Crippen LogP contribution in [0.15, 0.2) is 76.7 Å². The summed E-state index contributed by atoms with van der Waals surface area (Å²) in [5, 5.41) is 3.34. The molecule has 3 aliphatic heterocycles. The van der Waals surface area contributed by atoms with E-state index >= 15 is 0 Å². The average Bonchev–Trinajstić information content (AvgIpc) is 3.54. The summed E-state index contributed by atoms with van der Waals surface area (Å²) in [5.74, 6) is 1.46. The molecular weight excluding hydrogens is 507 g/mol. The fraction of sp³-hybridized carbons (Fsp3) is 0.214. The zero-order valence-corrected chi connectivity index (χ0v) is 21.0. The number of rotatable bonds is 7. The van der Waals surface area contributed by atoms with E-state index in [1.165, 1.54) is 22.7 Å². The van der Waals surface area contributed by atoms with E-state index < -0.39 is 6.04 Å². The molecule has 0 radical (unpaired) electrons. The number of carbonyl (C=O) groups excluding carboxylic acids is 2. The van der Waals surface area contributed by atoms with E-state index in [0.29, 0.717) is 46.1 Å². The monoisotopic (exact) mass is 530 g/mol. The van der Waals surface area contributed by atoms with Crippen molar-refractivity contribution in [1.29, 1.82) is 0 Å². The minimum absolute atomic E-state index is 0.141. The van der Waals surface area contributed by atoms with Gasteiger partial charge in [-0.3, -0.25) is 14.6 Å². The highest BCUT2D eigenvalue weighted by molar-refractivity contribution is 8.13. The Balaban J connectivity index is 1.12. The third-order valence-corrected chi connectivity index (χ3v) is 7.42. The first-order valence-corrected chi connectivity index (χ1v) is 13.2. The van der Waals surface area contributed by atoms with E-state index in [0.717, 1.165) is 11.1 Å². The second-order valence-electron chi connectivity index (χ2n) is 8.94. The summed E-state index contributed by atoms with van der Waals surface area (Å²) in [6.07, 6.45) is 0.404. The summed E-state index contributed by atoms with van der Waals surface area (Å²) >= 11 is 1.28. The number of nitrogens with one attached hydrogen (secondary N) is 1. The van der Waals surface area contributed by atoms with Crippen LogP contribution < -0.4 is 14.8 Å². The largest absolute Gasteiger partial charge is 0.454 e. The predicted molar refractivity (Wildman–Crippen MR) is 142 cm³/mol. The molecule has 0 aliphatic carbocycles. The maximum absolute atomic E-state index is 14.2. The van der Waals surface area contributed by atoms with Gasteiger partial charge in [-0.2, -0.15) is 0 Å². The van der Waals surface area contributed by atoms with Gasteiger partial charge in [-0.25, -0.2) is 14.3 Å². The number of para-hydroxylation sites is 1. The van der Waals surface area contributed by atoms with Gasteiger partial charge < -0.3 is 14.8 Å². The van der Waals surface area contributed by atoms with Crippen molar-refractivity contribution in [2.75, 3.05) is 6.79 Å². The SMILES string of the molecule is O=C(CC[C@@H]1N=C2c3ccccc3N=C(SCc3ccccc3F)N2C1=O)NCc1ccc2c(c1)OCO2. The zero-order chi connectivity index (χ0) is 26.1. The Kier molecular flexibility index (Phi) is 6.55. The lowest BCUT2D eigenvalue weighted by Gasteiger charge is -2.25. The number of ether oxygens (including phenoxy) is 2. The number of amidine groups is 2. The molecular formula is C28H23FN4O4S. The molecule has 1 N–H and O–H groups in total. The van der Waals surface area contributed by atoms with Crippen LogP contribution in [0.4, 0.5) is 10.1 Å². The van der Waals surface area contributed by atoms with Gasteiger partial charge in [-0.15, -0.1) is 0 Å². The highest BCUT2D eigenvalue weighted by atomic mass is 32.2. The minimum Gasteiger partial charge on any atom is -0.454 e. The van der Waals surface area contributed by atoms with Crippen molar-refractivity contribution in [1.82, 2.24) is 10.2 Å². The molecule has 38 heavy (non-hydrogen) atoms. The molecule has 192 valence electrons. The van der Waals surface area contributed by atoms with E-state index in [1.54, 1.807) is 18.2 Å². The van der Waals surface area contributed by atoms with E-state index in [9.17, 15) is 14.0 Å². The molecule has 3 aliphatic rings. The van der Waals surface area contributed by atoms with Gasteiger partial charge in [0.2, 0.25) is 12.7 Å². The van der Waals surface area contributed by atoms with Gasteiger partial charge in [-0.1, -0.05) is 48.2 Å². The lowest BCUT2D eigenvalue weighted by molar-refractivity contribution is -0.125. The molecule has 0 unspecified atom stereocenters. The van der Waals surface area contributed by atoms with Gasteiger partial charge in [0, 0.05) is 24.3 Å². The predicted octanol–water partition coefficient (Wildman–Crippen LogP) is 4.54. The fourth-order valence-electron chi connectivity index (χ4n) is 4.45. The third-order valence-electron chi connectivity index (χ3n) is 6.43. The van der Waals surface area contributed by atoms with E-state index in [-0.39, 0.29) is 37.3 Å². The quantitative estimate of drug-likeness (QED) is 0.484. The number of benzene rings is 3. The zero-order valence-electron chi connectivity index (χ0n) is 20.2. The number of carbonyl (C=O) groups is 2. The van der Waals surface area contributed by atoms with Crippen LogP contribution in [0, 0.1) is 5.82 Å². The van der Waals surface area contributed by atoms with Crippen LogP contribution in [0.3, 0.4) is 0 Å². The molecule has 3 heterocycles. The second-order valence-corrected chi connectivity index (χ2v) is 9.88. The topological polar surface area (TPSA) is 92.6 Å². The second kappa shape index (κ2) is 10.3. The number of hydrogen-bond acceptors (Lipinski definition) is 7. The Bertz CT molecular complexity index is 1490. The molecule has 3 aromatic rings. The molecule has 0 aromatic heterocycles. The summed E-state index contributed by atoms with van der Waals surface area (Å²) in [6, 6.07) is 18.8.